The molecule has 2 atom stereocenters. The van der Waals surface area contributed by atoms with Crippen LogP contribution in [0.1, 0.15) is 11.6 Å². The highest BCUT2D eigenvalue weighted by atomic mass is 35.5. The van der Waals surface area contributed by atoms with Crippen molar-refractivity contribution >= 4 is 18.1 Å². The smallest absolute Gasteiger partial charge is 0.382 e. The van der Waals surface area contributed by atoms with Crippen molar-refractivity contribution in [2.45, 2.75) is 18.3 Å². The van der Waals surface area contributed by atoms with Gasteiger partial charge in [-0.1, -0.05) is 0 Å². The molecule has 0 aromatic heterocycles. The Labute approximate surface area is 110 Å². The van der Waals surface area contributed by atoms with Crippen LogP contribution in [0.3, 0.4) is 0 Å². The zero-order valence-electron chi connectivity index (χ0n) is 9.10. The Hall–Kier alpha value is -1.45. The normalized spacial score (nSPS) is 14.4. The summed E-state index contributed by atoms with van der Waals surface area (Å²) in [6.07, 6.45) is -8.00. The van der Waals surface area contributed by atoms with Crippen LogP contribution in [-0.4, -0.2) is 22.3 Å². The van der Waals surface area contributed by atoms with Crippen LogP contribution in [0.25, 0.3) is 0 Å². The van der Waals surface area contributed by atoms with Crippen LogP contribution in [-0.2, 0) is 0 Å². The molecule has 1 aromatic carbocycles. The van der Waals surface area contributed by atoms with Gasteiger partial charge in [0.2, 0.25) is 0 Å². The number of alkyl halides is 3. The van der Waals surface area contributed by atoms with E-state index < -0.39 is 40.3 Å². The first kappa shape index (κ1) is 17.6. The molecule has 0 saturated carbocycles. The van der Waals surface area contributed by atoms with Crippen molar-refractivity contribution in [3.05, 3.63) is 39.7 Å². The molecule has 0 heterocycles. The van der Waals surface area contributed by atoms with Crippen molar-refractivity contribution in [3.63, 3.8) is 0 Å². The Bertz CT molecular complexity index is 469. The van der Waals surface area contributed by atoms with Gasteiger partial charge in [0.05, 0.1) is 17.0 Å². The molecule has 3 N–H and O–H groups in total. The summed E-state index contributed by atoms with van der Waals surface area (Å²) < 4.78 is 49.4. The monoisotopic (exact) mass is 304 g/mol. The van der Waals surface area contributed by atoms with Crippen molar-refractivity contribution < 1.29 is 27.6 Å². The minimum absolute atomic E-state index is 0. The van der Waals surface area contributed by atoms with E-state index in [4.69, 9.17) is 10.8 Å². The lowest BCUT2D eigenvalue weighted by molar-refractivity contribution is -0.386. The topological polar surface area (TPSA) is 89.4 Å². The molecule has 1 aromatic rings. The Morgan fingerprint density at radius 1 is 1.37 bits per heavy atom. The Morgan fingerprint density at radius 3 is 2.32 bits per heavy atom. The maximum absolute atomic E-state index is 12.8. The van der Waals surface area contributed by atoms with Crippen molar-refractivity contribution in [3.8, 4) is 0 Å². The number of halogens is 5. The molecule has 0 saturated heterocycles. The summed E-state index contributed by atoms with van der Waals surface area (Å²) in [7, 11) is 0. The Kier molecular flexibility index (Phi) is 5.66. The first-order chi connectivity index (χ1) is 8.14. The fraction of sp³-hybridized carbons (Fsp3) is 0.333. The maximum Gasteiger partial charge on any atom is 0.416 e. The summed E-state index contributed by atoms with van der Waals surface area (Å²) in [4.78, 5) is 9.50. The maximum atomic E-state index is 12.8. The highest BCUT2D eigenvalue weighted by Crippen LogP contribution is 2.33. The van der Waals surface area contributed by atoms with Crippen LogP contribution >= 0.6 is 12.4 Å². The third-order valence-electron chi connectivity index (χ3n) is 2.22. The van der Waals surface area contributed by atoms with Crippen LogP contribution in [0, 0.1) is 15.9 Å². The van der Waals surface area contributed by atoms with Crippen LogP contribution in [0.15, 0.2) is 18.2 Å². The molecule has 0 bridgehead atoms. The third kappa shape index (κ3) is 4.01. The van der Waals surface area contributed by atoms with Crippen molar-refractivity contribution in [2.75, 3.05) is 0 Å². The predicted molar refractivity (Wildman–Crippen MR) is 59.3 cm³/mol. The van der Waals surface area contributed by atoms with E-state index in [-0.39, 0.29) is 12.4 Å². The van der Waals surface area contributed by atoms with Gasteiger partial charge < -0.3 is 10.8 Å². The average molecular weight is 305 g/mol. The van der Waals surface area contributed by atoms with E-state index in [2.05, 4.69) is 0 Å². The van der Waals surface area contributed by atoms with E-state index in [9.17, 15) is 27.7 Å². The highest BCUT2D eigenvalue weighted by Gasteiger charge is 2.44. The van der Waals surface area contributed by atoms with Gasteiger partial charge in [0, 0.05) is 5.56 Å². The summed E-state index contributed by atoms with van der Waals surface area (Å²) in [6, 6.07) is -0.151. The molecule has 0 spiro atoms. The number of nitro benzene ring substituents is 1. The minimum atomic E-state index is -5.03. The van der Waals surface area contributed by atoms with E-state index in [1.165, 1.54) is 0 Å². The van der Waals surface area contributed by atoms with E-state index in [1.807, 2.05) is 0 Å². The molecule has 0 aliphatic heterocycles. The first-order valence-electron chi connectivity index (χ1n) is 4.58. The van der Waals surface area contributed by atoms with Gasteiger partial charge in [-0.2, -0.15) is 13.2 Å². The van der Waals surface area contributed by atoms with Gasteiger partial charge in [0.25, 0.3) is 5.69 Å². The highest BCUT2D eigenvalue weighted by molar-refractivity contribution is 5.85. The molecule has 0 unspecified atom stereocenters. The lowest BCUT2D eigenvalue weighted by atomic mass is 10.00. The largest absolute Gasteiger partial charge is 0.416 e. The molecule has 108 valence electrons. The van der Waals surface area contributed by atoms with Gasteiger partial charge in [-0.05, 0) is 12.1 Å². The average Bonchev–Trinajstić information content (AvgIpc) is 2.25. The van der Waals surface area contributed by atoms with E-state index in [1.54, 1.807) is 0 Å². The second-order valence-electron chi connectivity index (χ2n) is 3.47. The van der Waals surface area contributed by atoms with Gasteiger partial charge in [-0.25, -0.2) is 4.39 Å². The summed E-state index contributed by atoms with van der Waals surface area (Å²) >= 11 is 0. The molecule has 0 aliphatic rings. The number of benzene rings is 1. The summed E-state index contributed by atoms with van der Waals surface area (Å²) in [5, 5.41) is 19.5. The quantitative estimate of drug-likeness (QED) is 0.508. The zero-order chi connectivity index (χ0) is 14.1. The van der Waals surface area contributed by atoms with Crippen LogP contribution in [0.4, 0.5) is 23.2 Å². The lowest BCUT2D eigenvalue weighted by Gasteiger charge is -2.21. The molecule has 0 fully saturated rings. The second-order valence-corrected chi connectivity index (χ2v) is 3.47. The number of rotatable bonds is 3. The first-order valence-corrected chi connectivity index (χ1v) is 4.58. The van der Waals surface area contributed by atoms with E-state index in [0.29, 0.717) is 6.07 Å². The standard InChI is InChI=1S/C9H8F4N2O3.ClH/c10-4-1-2-5(6(3-4)15(17)18)7(14)8(16)9(11,12)13;/h1-3,7-8,16H,14H2;1H/t7-,8-;/m0./s1. The Morgan fingerprint density at radius 2 is 1.89 bits per heavy atom. The number of nitro groups is 1. The fourth-order valence-corrected chi connectivity index (χ4v) is 1.33. The number of hydrogen-bond acceptors (Lipinski definition) is 4. The van der Waals surface area contributed by atoms with Crippen molar-refractivity contribution in [1.29, 1.82) is 0 Å². The summed E-state index contributed by atoms with van der Waals surface area (Å²) in [5.41, 5.74) is 3.61. The molecule has 5 nitrogen and oxygen atoms in total. The molecule has 1 rings (SSSR count). The zero-order valence-corrected chi connectivity index (χ0v) is 9.91. The van der Waals surface area contributed by atoms with Crippen molar-refractivity contribution in [1.82, 2.24) is 0 Å². The van der Waals surface area contributed by atoms with Crippen molar-refractivity contribution in [2.24, 2.45) is 5.73 Å². The minimum Gasteiger partial charge on any atom is -0.382 e. The van der Waals surface area contributed by atoms with Gasteiger partial charge in [-0.15, -0.1) is 12.4 Å². The van der Waals surface area contributed by atoms with Gasteiger partial charge >= 0.3 is 6.18 Å². The molecule has 0 aliphatic carbocycles. The van der Waals surface area contributed by atoms with Crippen LogP contribution in [0.2, 0.25) is 0 Å². The molecule has 19 heavy (non-hydrogen) atoms. The number of aliphatic hydroxyl groups is 1. The van der Waals surface area contributed by atoms with Gasteiger partial charge in [0.15, 0.2) is 6.10 Å². The van der Waals surface area contributed by atoms with Crippen LogP contribution in [0.5, 0.6) is 0 Å². The number of nitrogens with zero attached hydrogens (tertiary/aromatic N) is 1. The van der Waals surface area contributed by atoms with E-state index in [0.717, 1.165) is 12.1 Å². The van der Waals surface area contributed by atoms with Gasteiger partial charge in [-0.3, -0.25) is 10.1 Å². The molecular formula is C9H9ClF4N2O3. The molecule has 0 radical (unpaired) electrons. The number of aliphatic hydroxyl groups excluding tert-OH is 1. The predicted octanol–water partition coefficient (Wildman–Crippen LogP) is 2.08. The van der Waals surface area contributed by atoms with Gasteiger partial charge in [0.1, 0.15) is 5.82 Å². The SMILES string of the molecule is Cl.N[C@@H](c1ccc(F)cc1[N+](=O)[O-])[C@H](O)C(F)(F)F. The lowest BCUT2D eigenvalue weighted by Crippen LogP contribution is -2.39. The fourth-order valence-electron chi connectivity index (χ4n) is 1.33. The van der Waals surface area contributed by atoms with E-state index >= 15 is 0 Å². The number of nitrogens with two attached hydrogens (primary N) is 1. The second kappa shape index (κ2) is 6.13. The number of hydrogen-bond donors (Lipinski definition) is 2. The molecular weight excluding hydrogens is 296 g/mol. The molecule has 0 amide bonds. The van der Waals surface area contributed by atoms with Crippen LogP contribution < -0.4 is 5.73 Å². The summed E-state index contributed by atoms with van der Waals surface area (Å²) in [6.45, 7) is 0. The molecule has 10 heteroatoms. The Balaban J connectivity index is 0.00000324. The third-order valence-corrected chi connectivity index (χ3v) is 2.22. The summed E-state index contributed by atoms with van der Waals surface area (Å²) in [5.74, 6) is -0.987.